The average Bonchev–Trinajstić information content (AvgIpc) is 2.30. The number of rotatable bonds is 6. The summed E-state index contributed by atoms with van der Waals surface area (Å²) < 4.78 is 0. The fourth-order valence-corrected chi connectivity index (χ4v) is 1.61. The molecular formula is C13H22N2O. The SMILES string of the molecule is CCN(C)CC(O)C(N)Cc1ccccc1. The molecule has 0 saturated carbocycles. The second kappa shape index (κ2) is 6.63. The number of aliphatic hydroxyl groups excluding tert-OH is 1. The largest absolute Gasteiger partial charge is 0.390 e. The summed E-state index contributed by atoms with van der Waals surface area (Å²) in [6.07, 6.45) is 0.254. The van der Waals surface area contributed by atoms with Crippen LogP contribution in [0.2, 0.25) is 0 Å². The molecule has 0 radical (unpaired) electrons. The van der Waals surface area contributed by atoms with E-state index >= 15 is 0 Å². The maximum absolute atomic E-state index is 9.91. The third-order valence-corrected chi connectivity index (χ3v) is 2.85. The van der Waals surface area contributed by atoms with Crippen LogP contribution < -0.4 is 5.73 Å². The molecule has 0 aliphatic rings. The summed E-state index contributed by atoms with van der Waals surface area (Å²) in [6, 6.07) is 9.85. The van der Waals surface area contributed by atoms with Gasteiger partial charge in [-0.2, -0.15) is 0 Å². The van der Waals surface area contributed by atoms with Crippen LogP contribution >= 0.6 is 0 Å². The molecule has 16 heavy (non-hydrogen) atoms. The molecule has 1 aromatic carbocycles. The number of hydrogen-bond acceptors (Lipinski definition) is 3. The summed E-state index contributed by atoms with van der Waals surface area (Å²) in [5.74, 6) is 0. The maximum Gasteiger partial charge on any atom is 0.0820 e. The lowest BCUT2D eigenvalue weighted by atomic mass is 10.0. The van der Waals surface area contributed by atoms with Gasteiger partial charge in [0.1, 0.15) is 0 Å². The van der Waals surface area contributed by atoms with Gasteiger partial charge in [0.25, 0.3) is 0 Å². The summed E-state index contributed by atoms with van der Waals surface area (Å²) in [6.45, 7) is 3.62. The van der Waals surface area contributed by atoms with E-state index in [9.17, 15) is 5.11 Å². The zero-order chi connectivity index (χ0) is 12.0. The fraction of sp³-hybridized carbons (Fsp3) is 0.538. The van der Waals surface area contributed by atoms with Crippen molar-refractivity contribution < 1.29 is 5.11 Å². The Morgan fingerprint density at radius 3 is 2.50 bits per heavy atom. The molecule has 90 valence electrons. The first-order chi connectivity index (χ1) is 7.63. The molecule has 0 saturated heterocycles. The van der Waals surface area contributed by atoms with Crippen LogP contribution in [-0.4, -0.2) is 42.3 Å². The minimum Gasteiger partial charge on any atom is -0.390 e. The van der Waals surface area contributed by atoms with Crippen LogP contribution in [0.25, 0.3) is 0 Å². The second-order valence-electron chi connectivity index (χ2n) is 4.28. The molecule has 3 N–H and O–H groups in total. The van der Waals surface area contributed by atoms with Crippen LogP contribution in [-0.2, 0) is 6.42 Å². The lowest BCUT2D eigenvalue weighted by molar-refractivity contribution is 0.104. The van der Waals surface area contributed by atoms with Crippen LogP contribution in [0.1, 0.15) is 12.5 Å². The highest BCUT2D eigenvalue weighted by atomic mass is 16.3. The molecule has 0 aliphatic heterocycles. The summed E-state index contributed by atoms with van der Waals surface area (Å²) in [4.78, 5) is 2.06. The predicted molar refractivity (Wildman–Crippen MR) is 67.3 cm³/mol. The molecule has 0 fully saturated rings. The Labute approximate surface area is 97.9 Å². The molecule has 2 atom stereocenters. The van der Waals surface area contributed by atoms with Crippen molar-refractivity contribution in [2.75, 3.05) is 20.1 Å². The molecular weight excluding hydrogens is 200 g/mol. The number of nitrogens with two attached hydrogens (primary N) is 1. The Bertz CT molecular complexity index is 289. The molecule has 0 spiro atoms. The molecule has 0 aliphatic carbocycles. The van der Waals surface area contributed by atoms with E-state index < -0.39 is 6.10 Å². The van der Waals surface area contributed by atoms with Crippen molar-refractivity contribution in [1.82, 2.24) is 4.90 Å². The number of nitrogens with zero attached hydrogens (tertiary/aromatic N) is 1. The second-order valence-corrected chi connectivity index (χ2v) is 4.28. The van der Waals surface area contributed by atoms with E-state index in [1.165, 1.54) is 5.56 Å². The van der Waals surface area contributed by atoms with Crippen LogP contribution in [0.15, 0.2) is 30.3 Å². The van der Waals surface area contributed by atoms with E-state index in [0.29, 0.717) is 6.54 Å². The Hall–Kier alpha value is -0.900. The number of likely N-dealkylation sites (N-methyl/N-ethyl adjacent to an activating group) is 1. The van der Waals surface area contributed by atoms with Gasteiger partial charge in [-0.15, -0.1) is 0 Å². The van der Waals surface area contributed by atoms with Gasteiger partial charge in [-0.05, 0) is 25.6 Å². The number of benzene rings is 1. The highest BCUT2D eigenvalue weighted by Gasteiger charge is 2.16. The predicted octanol–water partition coefficient (Wildman–Crippen LogP) is 0.869. The minimum atomic E-state index is -0.467. The van der Waals surface area contributed by atoms with Gasteiger partial charge < -0.3 is 15.7 Å². The standard InChI is InChI=1S/C13H22N2O/c1-3-15(2)10-13(16)12(14)9-11-7-5-4-6-8-11/h4-8,12-13,16H,3,9-10,14H2,1-2H3. The molecule has 3 heteroatoms. The fourth-order valence-electron chi connectivity index (χ4n) is 1.61. The third kappa shape index (κ3) is 4.31. The Kier molecular flexibility index (Phi) is 5.46. The lowest BCUT2D eigenvalue weighted by Crippen LogP contribution is -2.43. The normalized spacial score (nSPS) is 15.1. The summed E-state index contributed by atoms with van der Waals surface area (Å²) in [5.41, 5.74) is 7.15. The van der Waals surface area contributed by atoms with Gasteiger partial charge in [-0.25, -0.2) is 0 Å². The monoisotopic (exact) mass is 222 g/mol. The molecule has 0 amide bonds. The van der Waals surface area contributed by atoms with Crippen LogP contribution in [0, 0.1) is 0 Å². The van der Waals surface area contributed by atoms with Gasteiger partial charge in [0, 0.05) is 12.6 Å². The van der Waals surface area contributed by atoms with E-state index in [1.807, 2.05) is 37.4 Å². The van der Waals surface area contributed by atoms with Crippen molar-refractivity contribution >= 4 is 0 Å². The lowest BCUT2D eigenvalue weighted by Gasteiger charge is -2.23. The van der Waals surface area contributed by atoms with Gasteiger partial charge in [0.2, 0.25) is 0 Å². The number of hydrogen-bond donors (Lipinski definition) is 2. The van der Waals surface area contributed by atoms with Crippen molar-refractivity contribution in [2.24, 2.45) is 5.73 Å². The molecule has 0 bridgehead atoms. The maximum atomic E-state index is 9.91. The number of aliphatic hydroxyl groups is 1. The van der Waals surface area contributed by atoms with Gasteiger partial charge in [-0.3, -0.25) is 0 Å². The first kappa shape index (κ1) is 13.2. The van der Waals surface area contributed by atoms with Gasteiger partial charge in [-0.1, -0.05) is 37.3 Å². The van der Waals surface area contributed by atoms with Crippen molar-refractivity contribution in [1.29, 1.82) is 0 Å². The highest BCUT2D eigenvalue weighted by Crippen LogP contribution is 2.05. The first-order valence-electron chi connectivity index (χ1n) is 5.79. The zero-order valence-electron chi connectivity index (χ0n) is 10.1. The molecule has 1 rings (SSSR count). The summed E-state index contributed by atoms with van der Waals surface area (Å²) >= 11 is 0. The van der Waals surface area contributed by atoms with Gasteiger partial charge in [0.15, 0.2) is 0 Å². The van der Waals surface area contributed by atoms with Crippen molar-refractivity contribution in [3.8, 4) is 0 Å². The Morgan fingerprint density at radius 1 is 1.31 bits per heavy atom. The van der Waals surface area contributed by atoms with Crippen LogP contribution in [0.4, 0.5) is 0 Å². The van der Waals surface area contributed by atoms with Crippen molar-refractivity contribution in [3.05, 3.63) is 35.9 Å². The van der Waals surface area contributed by atoms with E-state index in [4.69, 9.17) is 5.73 Å². The van der Waals surface area contributed by atoms with Gasteiger partial charge in [0.05, 0.1) is 6.10 Å². The van der Waals surface area contributed by atoms with E-state index in [0.717, 1.165) is 13.0 Å². The molecule has 3 nitrogen and oxygen atoms in total. The van der Waals surface area contributed by atoms with E-state index in [2.05, 4.69) is 11.8 Å². The van der Waals surface area contributed by atoms with Crippen LogP contribution in [0.5, 0.6) is 0 Å². The van der Waals surface area contributed by atoms with E-state index in [1.54, 1.807) is 0 Å². The third-order valence-electron chi connectivity index (χ3n) is 2.85. The summed E-state index contributed by atoms with van der Waals surface area (Å²) in [7, 11) is 1.98. The topological polar surface area (TPSA) is 49.5 Å². The highest BCUT2D eigenvalue weighted by molar-refractivity contribution is 5.16. The molecule has 0 aromatic heterocycles. The quantitative estimate of drug-likeness (QED) is 0.751. The Balaban J connectivity index is 2.43. The summed E-state index contributed by atoms with van der Waals surface area (Å²) in [5, 5.41) is 9.91. The first-order valence-corrected chi connectivity index (χ1v) is 5.79. The van der Waals surface area contributed by atoms with E-state index in [-0.39, 0.29) is 6.04 Å². The molecule has 1 aromatic rings. The zero-order valence-corrected chi connectivity index (χ0v) is 10.1. The molecule has 2 unspecified atom stereocenters. The van der Waals surface area contributed by atoms with Crippen molar-refractivity contribution in [2.45, 2.75) is 25.5 Å². The molecule has 0 heterocycles. The van der Waals surface area contributed by atoms with Crippen molar-refractivity contribution in [3.63, 3.8) is 0 Å². The smallest absolute Gasteiger partial charge is 0.0820 e. The van der Waals surface area contributed by atoms with Gasteiger partial charge >= 0.3 is 0 Å². The Morgan fingerprint density at radius 2 is 1.94 bits per heavy atom. The average molecular weight is 222 g/mol. The minimum absolute atomic E-state index is 0.198. The van der Waals surface area contributed by atoms with Crippen LogP contribution in [0.3, 0.4) is 0 Å².